The van der Waals surface area contributed by atoms with Crippen molar-refractivity contribution < 1.29 is 29.1 Å². The van der Waals surface area contributed by atoms with Crippen LogP contribution in [0, 0.1) is 23.7 Å². The minimum absolute atomic E-state index is 0.0838. The van der Waals surface area contributed by atoms with Crippen molar-refractivity contribution in [3.8, 4) is 11.5 Å². The van der Waals surface area contributed by atoms with Crippen LogP contribution in [0.3, 0.4) is 0 Å². The van der Waals surface area contributed by atoms with Crippen molar-refractivity contribution in [2.45, 2.75) is 77.0 Å². The molecule has 7 heteroatoms. The van der Waals surface area contributed by atoms with Gasteiger partial charge in [0.05, 0.1) is 0 Å². The van der Waals surface area contributed by atoms with Crippen LogP contribution in [0.5, 0.6) is 11.5 Å². The van der Waals surface area contributed by atoms with Gasteiger partial charge >= 0.3 is 0 Å². The third-order valence-corrected chi connectivity index (χ3v) is 7.80. The van der Waals surface area contributed by atoms with Gasteiger partial charge in [0.1, 0.15) is 11.5 Å². The van der Waals surface area contributed by atoms with Gasteiger partial charge in [0, 0.05) is 30.9 Å². The fourth-order valence-electron chi connectivity index (χ4n) is 6.31. The van der Waals surface area contributed by atoms with Gasteiger partial charge in [0.15, 0.2) is 11.9 Å². The van der Waals surface area contributed by atoms with Crippen molar-refractivity contribution in [1.29, 1.82) is 0 Å². The van der Waals surface area contributed by atoms with E-state index in [1.165, 1.54) is 0 Å². The summed E-state index contributed by atoms with van der Waals surface area (Å²) in [6.45, 7) is 7.12. The second-order valence-electron chi connectivity index (χ2n) is 10.5. The highest BCUT2D eigenvalue weighted by Crippen LogP contribution is 2.60. The Morgan fingerprint density at radius 3 is 2.68 bits per heavy atom. The van der Waals surface area contributed by atoms with Gasteiger partial charge in [-0.15, -0.1) is 0 Å². The van der Waals surface area contributed by atoms with Gasteiger partial charge in [0.25, 0.3) is 0 Å². The number of hydrogen-bond acceptors (Lipinski definition) is 7. The van der Waals surface area contributed by atoms with E-state index < -0.39 is 24.0 Å². The van der Waals surface area contributed by atoms with E-state index in [-0.39, 0.29) is 17.6 Å². The molecule has 0 unspecified atom stereocenters. The normalized spacial score (nSPS) is 44.1. The molecule has 8 atom stereocenters. The summed E-state index contributed by atoms with van der Waals surface area (Å²) in [7, 11) is 4.00. The third kappa shape index (κ3) is 3.55. The Balaban J connectivity index is 1.45. The Bertz CT molecular complexity index is 832. The second-order valence-corrected chi connectivity index (χ2v) is 10.5. The lowest BCUT2D eigenvalue weighted by Gasteiger charge is -2.60. The molecule has 4 aliphatic heterocycles. The SMILES string of the molecule is C[C@H]1[C@@H](Oc2cc(O)cc(CN(C)C)c2)O[C@@H]2O[C@]3(C)CC[C@H]4[C@H](C)CC[C@@H]1[C@@]24OO3. The average molecular weight is 434 g/mol. The highest BCUT2D eigenvalue weighted by Gasteiger charge is 2.69. The predicted octanol–water partition coefficient (Wildman–Crippen LogP) is 4.04. The van der Waals surface area contributed by atoms with E-state index in [1.54, 1.807) is 12.1 Å². The fraction of sp³-hybridized carbons (Fsp3) is 0.750. The molecule has 0 radical (unpaired) electrons. The molecule has 1 aromatic rings. The first-order valence-electron chi connectivity index (χ1n) is 11.5. The number of phenols is 1. The van der Waals surface area contributed by atoms with E-state index >= 15 is 0 Å². The van der Waals surface area contributed by atoms with Crippen LogP contribution >= 0.6 is 0 Å². The van der Waals surface area contributed by atoms with Crippen LogP contribution < -0.4 is 4.74 Å². The number of phenolic OH excluding ortho intramolecular Hbond substituents is 1. The van der Waals surface area contributed by atoms with Gasteiger partial charge in [-0.1, -0.05) is 13.8 Å². The first kappa shape index (κ1) is 21.5. The van der Waals surface area contributed by atoms with Crippen LogP contribution in [-0.4, -0.2) is 48.1 Å². The van der Waals surface area contributed by atoms with Crippen LogP contribution in [0.1, 0.15) is 52.0 Å². The van der Waals surface area contributed by atoms with Crippen molar-refractivity contribution in [3.05, 3.63) is 23.8 Å². The third-order valence-electron chi connectivity index (χ3n) is 7.80. The van der Waals surface area contributed by atoms with Crippen LogP contribution in [-0.2, 0) is 25.8 Å². The molecule has 6 rings (SSSR count). The number of rotatable bonds is 4. The van der Waals surface area contributed by atoms with E-state index in [1.807, 2.05) is 27.1 Å². The van der Waals surface area contributed by atoms with Crippen molar-refractivity contribution in [1.82, 2.24) is 4.90 Å². The number of hydrogen-bond donors (Lipinski definition) is 1. The van der Waals surface area contributed by atoms with Gasteiger partial charge in [-0.05, 0) is 69.8 Å². The highest BCUT2D eigenvalue weighted by molar-refractivity contribution is 5.37. The summed E-state index contributed by atoms with van der Waals surface area (Å²) in [4.78, 5) is 14.1. The van der Waals surface area contributed by atoms with Crippen LogP contribution in [0.25, 0.3) is 0 Å². The largest absolute Gasteiger partial charge is 0.508 e. The second kappa shape index (κ2) is 7.59. The summed E-state index contributed by atoms with van der Waals surface area (Å²) in [6.07, 6.45) is 2.94. The van der Waals surface area contributed by atoms with E-state index in [4.69, 9.17) is 24.0 Å². The molecular weight excluding hydrogens is 398 g/mol. The summed E-state index contributed by atoms with van der Waals surface area (Å²) in [5.41, 5.74) is 0.391. The Labute approximate surface area is 184 Å². The minimum Gasteiger partial charge on any atom is -0.508 e. The van der Waals surface area contributed by atoms with E-state index in [0.29, 0.717) is 24.1 Å². The van der Waals surface area contributed by atoms with Gasteiger partial charge in [-0.3, -0.25) is 0 Å². The first-order valence-corrected chi connectivity index (χ1v) is 11.5. The highest BCUT2D eigenvalue weighted by atomic mass is 17.3. The van der Waals surface area contributed by atoms with Gasteiger partial charge < -0.3 is 24.2 Å². The Hall–Kier alpha value is -1.38. The zero-order valence-corrected chi connectivity index (χ0v) is 19.2. The van der Waals surface area contributed by atoms with Crippen LogP contribution in [0.4, 0.5) is 0 Å². The average Bonchev–Trinajstić information content (AvgIpc) is 2.91. The number of fused-ring (bicyclic) bond motifs is 2. The van der Waals surface area contributed by atoms with Crippen molar-refractivity contribution in [2.75, 3.05) is 14.1 Å². The summed E-state index contributed by atoms with van der Waals surface area (Å²) < 4.78 is 19.2. The van der Waals surface area contributed by atoms with Gasteiger partial charge in [-0.25, -0.2) is 9.78 Å². The molecule has 1 spiro atoms. The molecule has 1 aliphatic carbocycles. The number of aromatic hydroxyl groups is 1. The summed E-state index contributed by atoms with van der Waals surface area (Å²) in [5.74, 6) is 1.14. The van der Waals surface area contributed by atoms with E-state index in [2.05, 4.69) is 18.7 Å². The Kier molecular flexibility index (Phi) is 5.26. The van der Waals surface area contributed by atoms with E-state index in [9.17, 15) is 5.11 Å². The van der Waals surface area contributed by atoms with Crippen LogP contribution in [0.15, 0.2) is 18.2 Å². The number of nitrogens with zero attached hydrogens (tertiary/aromatic N) is 1. The quantitative estimate of drug-likeness (QED) is 0.719. The number of benzene rings is 1. The molecule has 0 aromatic heterocycles. The molecule has 1 aromatic carbocycles. The number of ether oxygens (including phenoxy) is 3. The standard InChI is InChI=1S/C24H35NO6/c1-14-6-7-20-15(2)21(27-18-11-16(13-25(4)5)10-17(26)12-18)28-22-24(20)19(14)8-9-23(3,29-22)30-31-24/h10-12,14-15,19-22,26H,6-9,13H2,1-5H3/t14-,15-,19+,20+,21+,22-,23+,24-/m1/s1. The maximum atomic E-state index is 10.2. The maximum Gasteiger partial charge on any atom is 0.205 e. The minimum atomic E-state index is -0.799. The first-order chi connectivity index (χ1) is 14.7. The van der Waals surface area contributed by atoms with Crippen molar-refractivity contribution in [3.63, 3.8) is 0 Å². The molecule has 1 saturated carbocycles. The summed E-state index contributed by atoms with van der Waals surface area (Å²) in [6, 6.07) is 5.37. The maximum absolute atomic E-state index is 10.2. The lowest BCUT2D eigenvalue weighted by atomic mass is 9.58. The molecule has 0 amide bonds. The van der Waals surface area contributed by atoms with Gasteiger partial charge in [-0.2, -0.15) is 0 Å². The topological polar surface area (TPSA) is 69.6 Å². The molecule has 31 heavy (non-hydrogen) atoms. The van der Waals surface area contributed by atoms with E-state index in [0.717, 1.165) is 31.2 Å². The molecule has 2 bridgehead atoms. The molecule has 4 saturated heterocycles. The molecule has 5 aliphatic rings. The molecule has 1 N–H and O–H groups in total. The summed E-state index contributed by atoms with van der Waals surface area (Å²) in [5, 5.41) is 10.2. The predicted molar refractivity (Wildman–Crippen MR) is 113 cm³/mol. The monoisotopic (exact) mass is 433 g/mol. The molecule has 172 valence electrons. The molecular formula is C24H35NO6. The molecule has 4 heterocycles. The molecule has 5 fully saturated rings. The molecule has 7 nitrogen and oxygen atoms in total. The zero-order chi connectivity index (χ0) is 22.0. The Morgan fingerprint density at radius 2 is 1.90 bits per heavy atom. The lowest BCUT2D eigenvalue weighted by Crippen LogP contribution is -2.70. The summed E-state index contributed by atoms with van der Waals surface area (Å²) >= 11 is 0. The smallest absolute Gasteiger partial charge is 0.205 e. The van der Waals surface area contributed by atoms with Crippen LogP contribution in [0.2, 0.25) is 0 Å². The zero-order valence-electron chi connectivity index (χ0n) is 19.2. The fourth-order valence-corrected chi connectivity index (χ4v) is 6.31. The van der Waals surface area contributed by atoms with Crippen molar-refractivity contribution >= 4 is 0 Å². The lowest BCUT2D eigenvalue weighted by molar-refractivity contribution is -0.575. The van der Waals surface area contributed by atoms with Crippen molar-refractivity contribution in [2.24, 2.45) is 23.7 Å². The van der Waals surface area contributed by atoms with Gasteiger partial charge in [0.2, 0.25) is 12.1 Å². The Morgan fingerprint density at radius 1 is 1.10 bits per heavy atom.